The Kier molecular flexibility index (Phi) is 6.17. The largest absolute Gasteiger partial charge is 0.494 e. The molecule has 0 radical (unpaired) electrons. The first kappa shape index (κ1) is 21.1. The summed E-state index contributed by atoms with van der Waals surface area (Å²) in [5.74, 6) is -0.213. The summed E-state index contributed by atoms with van der Waals surface area (Å²) < 4.78 is 8.87. The number of benzene rings is 1. The third kappa shape index (κ3) is 4.03. The molecule has 10 nitrogen and oxygen atoms in total. The molecule has 0 aliphatic heterocycles. The van der Waals surface area contributed by atoms with E-state index in [0.717, 1.165) is 5.69 Å². The highest BCUT2D eigenvalue weighted by atomic mass is 16.5. The summed E-state index contributed by atoms with van der Waals surface area (Å²) in [5, 5.41) is 7.15. The van der Waals surface area contributed by atoms with E-state index in [1.54, 1.807) is 33.5 Å². The molecule has 158 valence electrons. The van der Waals surface area contributed by atoms with Crippen LogP contribution in [0.2, 0.25) is 0 Å². The maximum atomic E-state index is 12.9. The molecule has 30 heavy (non-hydrogen) atoms. The molecule has 10 heteroatoms. The summed E-state index contributed by atoms with van der Waals surface area (Å²) in [4.78, 5) is 29.1. The van der Waals surface area contributed by atoms with Crippen LogP contribution in [-0.4, -0.2) is 44.8 Å². The van der Waals surface area contributed by atoms with Gasteiger partial charge in [0.05, 0.1) is 18.3 Å². The number of hydrogen-bond donors (Lipinski definition) is 3. The van der Waals surface area contributed by atoms with Gasteiger partial charge in [0.25, 0.3) is 5.91 Å². The first-order chi connectivity index (χ1) is 14.4. The Bertz CT molecular complexity index is 1130. The lowest BCUT2D eigenvalue weighted by Crippen LogP contribution is -2.20. The smallest absolute Gasteiger partial charge is 0.276 e. The number of nitrogens with one attached hydrogen (secondary N) is 1. The Morgan fingerprint density at radius 2 is 2.03 bits per heavy atom. The molecule has 0 unspecified atom stereocenters. The number of imidazole rings is 1. The van der Waals surface area contributed by atoms with E-state index in [1.807, 2.05) is 19.9 Å². The Balaban J connectivity index is 2.11. The van der Waals surface area contributed by atoms with Crippen LogP contribution in [0.25, 0.3) is 11.0 Å². The molecule has 5 N–H and O–H groups in total. The zero-order chi connectivity index (χ0) is 21.8. The Morgan fingerprint density at radius 3 is 2.67 bits per heavy atom. The number of hydrogen-bond acceptors (Lipinski definition) is 6. The maximum Gasteiger partial charge on any atom is 0.276 e. The number of allylic oxidation sites excluding steroid dienone is 1. The monoisotopic (exact) mass is 411 g/mol. The normalized spacial score (nSPS) is 11.3. The Labute approximate surface area is 173 Å². The minimum absolute atomic E-state index is 0.263. The zero-order valence-electron chi connectivity index (χ0n) is 17.2. The van der Waals surface area contributed by atoms with Crippen molar-refractivity contribution in [3.8, 4) is 5.75 Å². The molecule has 1 aromatic carbocycles. The van der Waals surface area contributed by atoms with Crippen molar-refractivity contribution in [2.75, 3.05) is 19.0 Å². The van der Waals surface area contributed by atoms with Crippen molar-refractivity contribution in [3.05, 3.63) is 47.3 Å². The van der Waals surface area contributed by atoms with Gasteiger partial charge in [0.15, 0.2) is 0 Å². The van der Waals surface area contributed by atoms with Crippen molar-refractivity contribution in [2.45, 2.75) is 26.9 Å². The van der Waals surface area contributed by atoms with Crippen molar-refractivity contribution >= 4 is 28.8 Å². The number of rotatable bonds is 8. The van der Waals surface area contributed by atoms with E-state index in [2.05, 4.69) is 15.4 Å². The van der Waals surface area contributed by atoms with Crippen LogP contribution in [0.15, 0.2) is 30.4 Å². The summed E-state index contributed by atoms with van der Waals surface area (Å²) in [6.45, 7) is 5.06. The van der Waals surface area contributed by atoms with Crippen molar-refractivity contribution in [2.24, 2.45) is 11.5 Å². The maximum absolute atomic E-state index is 12.9. The number of nitrogens with two attached hydrogens (primary N) is 2. The SMILES string of the molecule is CCn1nc(C)cc1C(=O)Nc1nc2cc(C(N)=O)cc(OC)c2n1C/C=C/CN. The molecular formula is C20H25N7O3. The molecule has 0 aliphatic rings. The van der Waals surface area contributed by atoms with Crippen molar-refractivity contribution in [3.63, 3.8) is 0 Å². The summed E-state index contributed by atoms with van der Waals surface area (Å²) in [5.41, 5.74) is 13.5. The molecule has 0 spiro atoms. The lowest BCUT2D eigenvalue weighted by molar-refractivity contribution is 0.0995. The van der Waals surface area contributed by atoms with Crippen LogP contribution in [0.3, 0.4) is 0 Å². The van der Waals surface area contributed by atoms with E-state index in [9.17, 15) is 9.59 Å². The Morgan fingerprint density at radius 1 is 1.27 bits per heavy atom. The number of fused-ring (bicyclic) bond motifs is 1. The van der Waals surface area contributed by atoms with Crippen molar-refractivity contribution in [1.82, 2.24) is 19.3 Å². The number of ether oxygens (including phenoxy) is 1. The van der Waals surface area contributed by atoms with E-state index in [-0.39, 0.29) is 11.5 Å². The number of primary amides is 1. The minimum Gasteiger partial charge on any atom is -0.494 e. The van der Waals surface area contributed by atoms with Crippen LogP contribution in [0.4, 0.5) is 5.95 Å². The molecule has 0 saturated carbocycles. The van der Waals surface area contributed by atoms with Crippen LogP contribution in [0.5, 0.6) is 5.75 Å². The van der Waals surface area contributed by atoms with Gasteiger partial charge in [0.2, 0.25) is 11.9 Å². The van der Waals surface area contributed by atoms with Gasteiger partial charge in [-0.3, -0.25) is 19.6 Å². The van der Waals surface area contributed by atoms with Gasteiger partial charge in [-0.05, 0) is 32.0 Å². The molecule has 2 heterocycles. The fourth-order valence-electron chi connectivity index (χ4n) is 3.21. The number of aromatic nitrogens is 4. The third-order valence-electron chi connectivity index (χ3n) is 4.56. The van der Waals surface area contributed by atoms with E-state index in [0.29, 0.717) is 48.1 Å². The third-order valence-corrected chi connectivity index (χ3v) is 4.56. The topological polar surface area (TPSA) is 143 Å². The van der Waals surface area contributed by atoms with E-state index < -0.39 is 5.91 Å². The molecule has 0 saturated heterocycles. The van der Waals surface area contributed by atoms with E-state index in [4.69, 9.17) is 16.2 Å². The van der Waals surface area contributed by atoms with Crippen molar-refractivity contribution < 1.29 is 14.3 Å². The van der Waals surface area contributed by atoms with Gasteiger partial charge in [0, 0.05) is 25.2 Å². The molecular weight excluding hydrogens is 386 g/mol. The standard InChI is InChI=1S/C20H25N7O3/c1-4-27-15(9-12(2)25-27)19(29)24-20-23-14-10-13(18(22)28)11-16(30-3)17(14)26(20)8-6-5-7-21/h5-6,9-11H,4,7-8,21H2,1-3H3,(H2,22,28)(H,23,24,29)/b6-5+. The minimum atomic E-state index is -0.597. The van der Waals surface area contributed by atoms with Crippen LogP contribution in [-0.2, 0) is 13.1 Å². The average Bonchev–Trinajstić information content (AvgIpc) is 3.27. The molecule has 3 aromatic rings. The van der Waals surface area contributed by atoms with E-state index in [1.165, 1.54) is 7.11 Å². The summed E-state index contributed by atoms with van der Waals surface area (Å²) >= 11 is 0. The van der Waals surface area contributed by atoms with E-state index >= 15 is 0 Å². The molecule has 0 aliphatic carbocycles. The number of amides is 2. The summed E-state index contributed by atoms with van der Waals surface area (Å²) in [7, 11) is 1.49. The van der Waals surface area contributed by atoms with Gasteiger partial charge in [-0.2, -0.15) is 5.10 Å². The number of anilines is 1. The average molecular weight is 411 g/mol. The fourth-order valence-corrected chi connectivity index (χ4v) is 3.21. The molecule has 3 rings (SSSR count). The van der Waals surface area contributed by atoms with Crippen LogP contribution in [0, 0.1) is 6.92 Å². The lowest BCUT2D eigenvalue weighted by atomic mass is 10.1. The second-order valence-corrected chi connectivity index (χ2v) is 6.60. The van der Waals surface area contributed by atoms with Crippen LogP contribution in [0.1, 0.15) is 33.5 Å². The van der Waals surface area contributed by atoms with Crippen LogP contribution >= 0.6 is 0 Å². The van der Waals surface area contributed by atoms with Crippen molar-refractivity contribution in [1.29, 1.82) is 0 Å². The first-order valence-corrected chi connectivity index (χ1v) is 9.48. The molecule has 2 aromatic heterocycles. The number of aryl methyl sites for hydroxylation is 2. The van der Waals surface area contributed by atoms with Gasteiger partial charge in [-0.1, -0.05) is 12.2 Å². The van der Waals surface area contributed by atoms with Gasteiger partial charge in [-0.25, -0.2) is 4.98 Å². The summed E-state index contributed by atoms with van der Waals surface area (Å²) in [6.07, 6.45) is 3.66. The predicted molar refractivity (Wildman–Crippen MR) is 114 cm³/mol. The quantitative estimate of drug-likeness (QED) is 0.479. The number of nitrogens with zero attached hydrogens (tertiary/aromatic N) is 4. The highest BCUT2D eigenvalue weighted by molar-refractivity contribution is 6.04. The van der Waals surface area contributed by atoms with Gasteiger partial charge >= 0.3 is 0 Å². The first-order valence-electron chi connectivity index (χ1n) is 9.48. The van der Waals surface area contributed by atoms with Crippen LogP contribution < -0.4 is 21.5 Å². The Hall–Kier alpha value is -3.66. The van der Waals surface area contributed by atoms with Gasteiger partial charge in [0.1, 0.15) is 17.0 Å². The predicted octanol–water partition coefficient (Wildman–Crippen LogP) is 1.44. The number of methoxy groups -OCH3 is 1. The lowest BCUT2D eigenvalue weighted by Gasteiger charge is -2.11. The zero-order valence-corrected chi connectivity index (χ0v) is 17.2. The van der Waals surface area contributed by atoms with Gasteiger partial charge in [-0.15, -0.1) is 0 Å². The second kappa shape index (κ2) is 8.78. The molecule has 0 fully saturated rings. The molecule has 2 amide bonds. The molecule has 0 bridgehead atoms. The summed E-state index contributed by atoms with van der Waals surface area (Å²) in [6, 6.07) is 4.84. The highest BCUT2D eigenvalue weighted by Gasteiger charge is 2.21. The second-order valence-electron chi connectivity index (χ2n) is 6.60. The highest BCUT2D eigenvalue weighted by Crippen LogP contribution is 2.31. The fraction of sp³-hybridized carbons (Fsp3) is 0.300. The number of carbonyl (C=O) groups excluding carboxylic acids is 2. The molecule has 0 atom stereocenters. The van der Waals surface area contributed by atoms with Gasteiger partial charge < -0.3 is 20.8 Å². The number of carbonyl (C=O) groups is 2.